The molecular weight excluding hydrogens is 480 g/mol. The van der Waals surface area contributed by atoms with Crippen molar-refractivity contribution in [1.29, 1.82) is 0 Å². The Kier molecular flexibility index (Phi) is 33.5. The van der Waals surface area contributed by atoms with Crippen LogP contribution in [0.4, 0.5) is 0 Å². The predicted octanol–water partition coefficient (Wildman–Crippen LogP) is 15.4. The van der Waals surface area contributed by atoms with Crippen LogP contribution >= 0.6 is 0 Å². The molecule has 0 amide bonds. The zero-order valence-corrected chi connectivity index (χ0v) is 29.4. The van der Waals surface area contributed by atoms with Crippen LogP contribution in [0.5, 0.6) is 0 Å². The van der Waals surface area contributed by atoms with Gasteiger partial charge in [0.15, 0.2) is 0 Å². The molecule has 0 aliphatic carbocycles. The molecule has 242 valence electrons. The summed E-state index contributed by atoms with van der Waals surface area (Å²) in [7, 11) is 0. The number of unbranched alkanes of at least 4 members (excludes halogenated alkanes) is 22. The van der Waals surface area contributed by atoms with Crippen LogP contribution in [0.15, 0.2) is 0 Å². The third kappa shape index (κ3) is 32.5. The van der Waals surface area contributed by atoms with Crippen LogP contribution in [0.2, 0.25) is 0 Å². The molecule has 0 bridgehead atoms. The largest absolute Gasteiger partial charge is 0.0654 e. The summed E-state index contributed by atoms with van der Waals surface area (Å²) in [5, 5.41) is 0. The molecule has 0 aromatic carbocycles. The summed E-state index contributed by atoms with van der Waals surface area (Å²) in [6, 6.07) is 0. The second-order valence-electron chi connectivity index (χ2n) is 14.5. The first kappa shape index (κ1) is 40.0. The molecule has 0 aliphatic rings. The first-order chi connectivity index (χ1) is 19.6. The molecule has 0 rings (SSSR count). The average Bonchev–Trinajstić information content (AvgIpc) is 2.94. The molecule has 40 heavy (non-hydrogen) atoms. The summed E-state index contributed by atoms with van der Waals surface area (Å²) in [6.07, 6.45) is 47.0. The lowest BCUT2D eigenvalue weighted by molar-refractivity contribution is 0.373. The second-order valence-corrected chi connectivity index (χ2v) is 14.5. The lowest BCUT2D eigenvalue weighted by atomic mass is 9.90. The predicted molar refractivity (Wildman–Crippen MR) is 187 cm³/mol. The van der Waals surface area contributed by atoms with Crippen molar-refractivity contribution in [3.8, 4) is 0 Å². The molecule has 0 aliphatic heterocycles. The Morgan fingerprint density at radius 3 is 0.625 bits per heavy atom. The second kappa shape index (κ2) is 33.5. The van der Waals surface area contributed by atoms with E-state index < -0.39 is 0 Å². The summed E-state index contributed by atoms with van der Waals surface area (Å²) in [5.74, 6) is 2.84. The fraction of sp³-hybridized carbons (Fsp3) is 1.00. The molecule has 0 heteroatoms. The Balaban J connectivity index is 3.37. The van der Waals surface area contributed by atoms with Crippen LogP contribution in [0, 0.1) is 17.8 Å². The van der Waals surface area contributed by atoms with Gasteiger partial charge in [-0.3, -0.25) is 0 Å². The van der Waals surface area contributed by atoms with Crippen molar-refractivity contribution in [3.05, 3.63) is 0 Å². The zero-order chi connectivity index (χ0) is 29.4. The van der Waals surface area contributed by atoms with Gasteiger partial charge in [0.05, 0.1) is 0 Å². The first-order valence-electron chi connectivity index (χ1n) is 19.6. The van der Waals surface area contributed by atoms with Crippen molar-refractivity contribution >= 4 is 0 Å². The topological polar surface area (TPSA) is 0 Å². The zero-order valence-electron chi connectivity index (χ0n) is 29.4. The van der Waals surface area contributed by atoms with E-state index in [9.17, 15) is 0 Å². The van der Waals surface area contributed by atoms with Crippen LogP contribution < -0.4 is 0 Å². The molecule has 0 aromatic rings. The van der Waals surface area contributed by atoms with Crippen molar-refractivity contribution < 1.29 is 0 Å². The molecule has 0 spiro atoms. The molecule has 0 saturated heterocycles. The van der Waals surface area contributed by atoms with Crippen molar-refractivity contribution in [1.82, 2.24) is 0 Å². The SMILES string of the molecule is CCCCCCCCCCCCCC[C@@H](C)CCCC(C)CCC[C@@H](C)CCCCCCCCCCCCCC. The quantitative estimate of drug-likeness (QED) is 0.0684. The van der Waals surface area contributed by atoms with E-state index in [1.807, 2.05) is 0 Å². The van der Waals surface area contributed by atoms with Crippen LogP contribution in [-0.4, -0.2) is 0 Å². The van der Waals surface area contributed by atoms with E-state index in [-0.39, 0.29) is 0 Å². The van der Waals surface area contributed by atoms with Gasteiger partial charge in [0.2, 0.25) is 0 Å². The van der Waals surface area contributed by atoms with E-state index in [0.717, 1.165) is 17.8 Å². The minimum atomic E-state index is 0.942. The Morgan fingerprint density at radius 1 is 0.225 bits per heavy atom. The summed E-state index contributed by atoms with van der Waals surface area (Å²) in [4.78, 5) is 0. The maximum atomic E-state index is 2.52. The van der Waals surface area contributed by atoms with E-state index >= 15 is 0 Å². The first-order valence-corrected chi connectivity index (χ1v) is 19.6. The lowest BCUT2D eigenvalue weighted by Gasteiger charge is -2.16. The maximum absolute atomic E-state index is 2.52. The molecule has 0 N–H and O–H groups in total. The highest BCUT2D eigenvalue weighted by Crippen LogP contribution is 2.23. The van der Waals surface area contributed by atoms with Gasteiger partial charge in [0.1, 0.15) is 0 Å². The maximum Gasteiger partial charge on any atom is -0.0443 e. The van der Waals surface area contributed by atoms with E-state index in [4.69, 9.17) is 0 Å². The highest BCUT2D eigenvalue weighted by Gasteiger charge is 2.08. The molecule has 0 nitrogen and oxygen atoms in total. The Hall–Kier alpha value is 0. The van der Waals surface area contributed by atoms with Crippen molar-refractivity contribution in [2.45, 2.75) is 240 Å². The fourth-order valence-electron chi connectivity index (χ4n) is 6.73. The van der Waals surface area contributed by atoms with Crippen LogP contribution in [-0.2, 0) is 0 Å². The highest BCUT2D eigenvalue weighted by molar-refractivity contribution is 4.61. The summed E-state index contributed by atoms with van der Waals surface area (Å²) in [5.41, 5.74) is 0. The minimum absolute atomic E-state index is 0.942. The normalized spacial score (nSPS) is 14.0. The fourth-order valence-corrected chi connectivity index (χ4v) is 6.73. The molecule has 3 atom stereocenters. The van der Waals surface area contributed by atoms with Gasteiger partial charge >= 0.3 is 0 Å². The molecule has 0 aromatic heterocycles. The molecular formula is C40H82. The summed E-state index contributed by atoms with van der Waals surface area (Å²) in [6.45, 7) is 12.2. The third-order valence-electron chi connectivity index (χ3n) is 9.89. The van der Waals surface area contributed by atoms with Gasteiger partial charge < -0.3 is 0 Å². The number of rotatable bonds is 34. The highest BCUT2D eigenvalue weighted by atomic mass is 14.1. The summed E-state index contributed by atoms with van der Waals surface area (Å²) < 4.78 is 0. The van der Waals surface area contributed by atoms with Crippen molar-refractivity contribution in [2.75, 3.05) is 0 Å². The molecule has 0 saturated carbocycles. The van der Waals surface area contributed by atoms with Crippen LogP contribution in [0.1, 0.15) is 240 Å². The summed E-state index contributed by atoms with van der Waals surface area (Å²) >= 11 is 0. The van der Waals surface area contributed by atoms with Gasteiger partial charge in [0, 0.05) is 0 Å². The van der Waals surface area contributed by atoms with Crippen molar-refractivity contribution in [2.24, 2.45) is 17.8 Å². The van der Waals surface area contributed by atoms with Crippen LogP contribution in [0.3, 0.4) is 0 Å². The van der Waals surface area contributed by atoms with E-state index in [0.29, 0.717) is 0 Å². The third-order valence-corrected chi connectivity index (χ3v) is 9.89. The van der Waals surface area contributed by atoms with Gasteiger partial charge in [-0.05, 0) is 17.8 Å². The van der Waals surface area contributed by atoms with E-state index in [2.05, 4.69) is 34.6 Å². The Labute approximate surface area is 257 Å². The lowest BCUT2D eigenvalue weighted by Crippen LogP contribution is -2.01. The minimum Gasteiger partial charge on any atom is -0.0654 e. The van der Waals surface area contributed by atoms with Gasteiger partial charge in [-0.2, -0.15) is 0 Å². The molecule has 0 heterocycles. The van der Waals surface area contributed by atoms with Crippen molar-refractivity contribution in [3.63, 3.8) is 0 Å². The van der Waals surface area contributed by atoms with Gasteiger partial charge in [0.25, 0.3) is 0 Å². The standard InChI is InChI=1S/C40H82/c1-6-8-10-12-14-16-18-20-22-24-26-28-32-38(3)34-30-36-40(5)37-31-35-39(4)33-29-27-25-23-21-19-17-15-13-11-9-7-2/h38-40H,6-37H2,1-5H3/t38-,39+,40?. The van der Waals surface area contributed by atoms with Gasteiger partial charge in [-0.25, -0.2) is 0 Å². The van der Waals surface area contributed by atoms with Gasteiger partial charge in [-0.15, -0.1) is 0 Å². The van der Waals surface area contributed by atoms with Gasteiger partial charge in [-0.1, -0.05) is 240 Å². The number of hydrogen-bond acceptors (Lipinski definition) is 0. The molecule has 0 radical (unpaired) electrons. The Morgan fingerprint density at radius 2 is 0.400 bits per heavy atom. The average molecular weight is 563 g/mol. The Bertz CT molecular complexity index is 399. The van der Waals surface area contributed by atoms with E-state index in [1.165, 1.54) is 205 Å². The smallest absolute Gasteiger partial charge is 0.0443 e. The number of hydrogen-bond donors (Lipinski definition) is 0. The van der Waals surface area contributed by atoms with E-state index in [1.54, 1.807) is 0 Å². The van der Waals surface area contributed by atoms with Crippen LogP contribution in [0.25, 0.3) is 0 Å². The molecule has 1 unspecified atom stereocenters. The molecule has 0 fully saturated rings. The monoisotopic (exact) mass is 563 g/mol.